The van der Waals surface area contributed by atoms with E-state index in [0.29, 0.717) is 5.84 Å². The van der Waals surface area contributed by atoms with Gasteiger partial charge >= 0.3 is 0 Å². The van der Waals surface area contributed by atoms with Crippen LogP contribution in [0.2, 0.25) is 0 Å². The van der Waals surface area contributed by atoms with E-state index in [0.717, 1.165) is 36.6 Å². The first kappa shape index (κ1) is 13.1. The quantitative estimate of drug-likeness (QED) is 0.788. The molecule has 1 aliphatic heterocycles. The van der Waals surface area contributed by atoms with Gasteiger partial charge in [0.2, 0.25) is 0 Å². The first-order valence-corrected chi connectivity index (χ1v) is 6.70. The Morgan fingerprint density at radius 2 is 2.11 bits per heavy atom. The third-order valence-corrected chi connectivity index (χ3v) is 3.46. The van der Waals surface area contributed by atoms with E-state index in [2.05, 4.69) is 13.8 Å². The van der Waals surface area contributed by atoms with Gasteiger partial charge in [-0.15, -0.1) is 0 Å². The maximum atomic E-state index is 13.1. The number of nitrogens with one attached hydrogen (secondary N) is 1. The van der Waals surface area contributed by atoms with Gasteiger partial charge in [-0.1, -0.05) is 32.8 Å². The summed E-state index contributed by atoms with van der Waals surface area (Å²) in [6.07, 6.45) is 3.55. The average Bonchev–Trinajstić information content (AvgIpc) is 2.62. The van der Waals surface area contributed by atoms with Crippen LogP contribution in [0.4, 0.5) is 4.39 Å². The Hall–Kier alpha value is -1.38. The van der Waals surface area contributed by atoms with Gasteiger partial charge in [-0.3, -0.25) is 5.41 Å². The van der Waals surface area contributed by atoms with Crippen LogP contribution in [0.1, 0.15) is 44.2 Å². The van der Waals surface area contributed by atoms with Gasteiger partial charge in [0.25, 0.3) is 0 Å². The second-order valence-electron chi connectivity index (χ2n) is 5.46. The number of benzene rings is 1. The van der Waals surface area contributed by atoms with Gasteiger partial charge in [0.15, 0.2) is 0 Å². The molecule has 1 aromatic rings. The van der Waals surface area contributed by atoms with Gasteiger partial charge in [0.05, 0.1) is 0 Å². The molecule has 2 rings (SSSR count). The predicted octanol–water partition coefficient (Wildman–Crippen LogP) is 3.79. The molecule has 1 aliphatic rings. The Balaban J connectivity index is 1.89. The zero-order chi connectivity index (χ0) is 13.1. The number of fused-ring (bicyclic) bond motifs is 1. The molecule has 0 unspecified atom stereocenters. The summed E-state index contributed by atoms with van der Waals surface area (Å²) in [7, 11) is 0. The molecule has 0 spiro atoms. The Morgan fingerprint density at radius 3 is 2.83 bits per heavy atom. The normalized spacial score (nSPS) is 14.4. The van der Waals surface area contributed by atoms with Crippen molar-refractivity contribution in [1.29, 1.82) is 5.41 Å². The molecule has 1 aromatic carbocycles. The van der Waals surface area contributed by atoms with Crippen molar-refractivity contribution in [1.82, 2.24) is 4.90 Å². The van der Waals surface area contributed by atoms with Crippen molar-refractivity contribution in [3.63, 3.8) is 0 Å². The van der Waals surface area contributed by atoms with E-state index >= 15 is 0 Å². The molecule has 0 aromatic heterocycles. The number of amidine groups is 1. The van der Waals surface area contributed by atoms with Crippen molar-refractivity contribution in [2.75, 3.05) is 6.54 Å². The maximum Gasteiger partial charge on any atom is 0.128 e. The topological polar surface area (TPSA) is 27.1 Å². The van der Waals surface area contributed by atoms with E-state index in [1.165, 1.54) is 25.0 Å². The molecule has 0 radical (unpaired) electrons. The second kappa shape index (κ2) is 5.51. The average molecular weight is 248 g/mol. The molecule has 0 saturated carbocycles. The molecule has 3 heteroatoms. The van der Waals surface area contributed by atoms with E-state index in [4.69, 9.17) is 5.41 Å². The zero-order valence-corrected chi connectivity index (χ0v) is 11.2. The molecule has 0 bridgehead atoms. The van der Waals surface area contributed by atoms with E-state index in [1.807, 2.05) is 4.90 Å². The summed E-state index contributed by atoms with van der Waals surface area (Å²) in [6.45, 7) is 6.13. The highest BCUT2D eigenvalue weighted by molar-refractivity contribution is 6.00. The molecule has 0 saturated heterocycles. The first-order chi connectivity index (χ1) is 8.58. The third kappa shape index (κ3) is 2.89. The van der Waals surface area contributed by atoms with Crippen LogP contribution in [-0.2, 0) is 6.54 Å². The minimum absolute atomic E-state index is 0.250. The van der Waals surface area contributed by atoms with Crippen molar-refractivity contribution in [2.45, 2.75) is 39.7 Å². The van der Waals surface area contributed by atoms with Crippen molar-refractivity contribution in [2.24, 2.45) is 5.92 Å². The van der Waals surface area contributed by atoms with Gasteiger partial charge in [-0.25, -0.2) is 4.39 Å². The molecule has 18 heavy (non-hydrogen) atoms. The van der Waals surface area contributed by atoms with E-state index in [9.17, 15) is 4.39 Å². The fraction of sp³-hybridized carbons (Fsp3) is 0.533. The van der Waals surface area contributed by atoms with Gasteiger partial charge in [0.1, 0.15) is 11.7 Å². The van der Waals surface area contributed by atoms with Crippen molar-refractivity contribution >= 4 is 5.84 Å². The summed E-state index contributed by atoms with van der Waals surface area (Å²) < 4.78 is 13.1. The third-order valence-electron chi connectivity index (χ3n) is 3.46. The van der Waals surface area contributed by atoms with Gasteiger partial charge < -0.3 is 4.90 Å². The Labute approximate surface area is 108 Å². The number of hydrogen-bond acceptors (Lipinski definition) is 1. The van der Waals surface area contributed by atoms with E-state index in [-0.39, 0.29) is 5.82 Å². The molecular formula is C15H21FN2. The summed E-state index contributed by atoms with van der Waals surface area (Å²) in [4.78, 5) is 2.05. The molecule has 0 aliphatic carbocycles. The summed E-state index contributed by atoms with van der Waals surface area (Å²) >= 11 is 0. The predicted molar refractivity (Wildman–Crippen MR) is 72.3 cm³/mol. The zero-order valence-electron chi connectivity index (χ0n) is 11.2. The standard InChI is InChI=1S/C15H21FN2/c1-11(2)5-3-4-8-18-10-12-6-7-13(16)9-14(12)15(18)17/h6-7,9,11,17H,3-5,8,10H2,1-2H3. The van der Waals surface area contributed by atoms with Crippen LogP contribution in [0, 0.1) is 17.1 Å². The molecule has 2 nitrogen and oxygen atoms in total. The number of rotatable bonds is 5. The summed E-state index contributed by atoms with van der Waals surface area (Å²) in [6, 6.07) is 4.76. The minimum atomic E-state index is -0.250. The summed E-state index contributed by atoms with van der Waals surface area (Å²) in [5.41, 5.74) is 1.84. The number of nitrogens with zero attached hydrogens (tertiary/aromatic N) is 1. The van der Waals surface area contributed by atoms with Crippen LogP contribution in [0.25, 0.3) is 0 Å². The highest BCUT2D eigenvalue weighted by atomic mass is 19.1. The number of hydrogen-bond donors (Lipinski definition) is 1. The van der Waals surface area contributed by atoms with Crippen molar-refractivity contribution in [3.05, 3.63) is 35.1 Å². The largest absolute Gasteiger partial charge is 0.352 e. The number of halogens is 1. The first-order valence-electron chi connectivity index (χ1n) is 6.70. The minimum Gasteiger partial charge on any atom is -0.352 e. The lowest BCUT2D eigenvalue weighted by Crippen LogP contribution is -2.25. The lowest BCUT2D eigenvalue weighted by molar-refractivity contribution is 0.399. The molecule has 1 N–H and O–H groups in total. The van der Waals surface area contributed by atoms with Crippen LogP contribution in [0.5, 0.6) is 0 Å². The highest BCUT2D eigenvalue weighted by Gasteiger charge is 2.23. The molecule has 1 heterocycles. The fourth-order valence-corrected chi connectivity index (χ4v) is 2.41. The Bertz CT molecular complexity index is 440. The molecule has 98 valence electrons. The molecular weight excluding hydrogens is 227 g/mol. The smallest absolute Gasteiger partial charge is 0.128 e. The van der Waals surface area contributed by atoms with Gasteiger partial charge in [-0.2, -0.15) is 0 Å². The monoisotopic (exact) mass is 248 g/mol. The Kier molecular flexibility index (Phi) is 4.00. The van der Waals surface area contributed by atoms with Crippen molar-refractivity contribution < 1.29 is 4.39 Å². The lowest BCUT2D eigenvalue weighted by atomic mass is 10.1. The van der Waals surface area contributed by atoms with Gasteiger partial charge in [0, 0.05) is 18.7 Å². The number of unbranched alkanes of at least 4 members (excludes halogenated alkanes) is 1. The van der Waals surface area contributed by atoms with E-state index in [1.54, 1.807) is 6.07 Å². The lowest BCUT2D eigenvalue weighted by Gasteiger charge is -2.17. The highest BCUT2D eigenvalue weighted by Crippen LogP contribution is 2.23. The SMILES string of the molecule is CC(C)CCCCN1Cc2ccc(F)cc2C1=N. The Morgan fingerprint density at radius 1 is 1.33 bits per heavy atom. The summed E-state index contributed by atoms with van der Waals surface area (Å²) in [5, 5.41) is 8.06. The molecule has 0 fully saturated rings. The van der Waals surface area contributed by atoms with Crippen LogP contribution < -0.4 is 0 Å². The maximum absolute atomic E-state index is 13.1. The van der Waals surface area contributed by atoms with Crippen molar-refractivity contribution in [3.8, 4) is 0 Å². The fourth-order valence-electron chi connectivity index (χ4n) is 2.41. The van der Waals surface area contributed by atoms with Crippen LogP contribution in [0.3, 0.4) is 0 Å². The second-order valence-corrected chi connectivity index (χ2v) is 5.46. The molecule has 0 amide bonds. The summed E-state index contributed by atoms with van der Waals surface area (Å²) in [5.74, 6) is 0.975. The van der Waals surface area contributed by atoms with Crippen LogP contribution in [-0.4, -0.2) is 17.3 Å². The van der Waals surface area contributed by atoms with Gasteiger partial charge in [-0.05, 0) is 30.0 Å². The van der Waals surface area contributed by atoms with Crippen LogP contribution >= 0.6 is 0 Å². The van der Waals surface area contributed by atoms with Crippen LogP contribution in [0.15, 0.2) is 18.2 Å². The molecule has 0 atom stereocenters. The van der Waals surface area contributed by atoms with E-state index < -0.39 is 0 Å².